The number of anilines is 1. The van der Waals surface area contributed by atoms with Gasteiger partial charge in [0, 0.05) is 59.2 Å². The molecule has 4 rings (SSSR count). The molecule has 0 bridgehead atoms. The van der Waals surface area contributed by atoms with Crippen molar-refractivity contribution >= 4 is 37.0 Å². The number of benzene rings is 2. The van der Waals surface area contributed by atoms with E-state index in [1.165, 1.54) is 19.4 Å². The lowest BCUT2D eigenvalue weighted by molar-refractivity contribution is 0.102. The predicted octanol–water partition coefficient (Wildman–Crippen LogP) is 4.24. The molecule has 1 atom stereocenters. The zero-order chi connectivity index (χ0) is 27.2. The Balaban J connectivity index is 1.61. The first-order chi connectivity index (χ1) is 18.3. The molecule has 38 heavy (non-hydrogen) atoms. The number of aryl methyl sites for hydroxylation is 1. The van der Waals surface area contributed by atoms with Gasteiger partial charge < -0.3 is 29.6 Å². The van der Waals surface area contributed by atoms with E-state index in [-0.39, 0.29) is 17.0 Å². The molecule has 2 N–H and O–H groups in total. The minimum absolute atomic E-state index is 0.0107. The van der Waals surface area contributed by atoms with E-state index in [4.69, 9.17) is 18.9 Å². The number of nitrogens with one attached hydrogen (secondary N) is 2. The van der Waals surface area contributed by atoms with Crippen LogP contribution in [0.25, 0.3) is 10.9 Å². The van der Waals surface area contributed by atoms with Crippen LogP contribution in [0.2, 0.25) is 0 Å². The smallest absolute Gasteiger partial charge is 0.261 e. The van der Waals surface area contributed by atoms with Gasteiger partial charge in [-0.1, -0.05) is 0 Å². The number of amides is 1. The van der Waals surface area contributed by atoms with Gasteiger partial charge in [0.2, 0.25) is 0 Å². The van der Waals surface area contributed by atoms with Crippen LogP contribution in [0.5, 0.6) is 28.7 Å². The minimum atomic E-state index is -0.661. The third-order valence-electron chi connectivity index (χ3n) is 5.61. The van der Waals surface area contributed by atoms with Crippen LogP contribution in [0.3, 0.4) is 0 Å². The Morgan fingerprint density at radius 2 is 1.82 bits per heavy atom. The fourth-order valence-electron chi connectivity index (χ4n) is 3.73. The molecule has 0 saturated carbocycles. The first kappa shape index (κ1) is 27.0. The number of likely N-dealkylation sites (N-methyl/N-ethyl adjacent to an activating group) is 1. The van der Waals surface area contributed by atoms with Gasteiger partial charge in [0.05, 0.1) is 25.3 Å². The molecule has 0 aliphatic heterocycles. The maximum atomic E-state index is 15.2. The maximum Gasteiger partial charge on any atom is 0.261 e. The van der Waals surface area contributed by atoms with Crippen molar-refractivity contribution in [2.75, 3.05) is 39.7 Å². The van der Waals surface area contributed by atoms with Crippen molar-refractivity contribution in [2.24, 2.45) is 0 Å². The lowest BCUT2D eigenvalue weighted by atomic mass is 10.1. The van der Waals surface area contributed by atoms with Crippen LogP contribution in [0.4, 0.5) is 10.1 Å². The molecule has 0 radical (unpaired) electrons. The summed E-state index contributed by atoms with van der Waals surface area (Å²) in [6, 6.07) is 9.56. The van der Waals surface area contributed by atoms with Gasteiger partial charge in [-0.05, 0) is 32.2 Å². The van der Waals surface area contributed by atoms with Crippen LogP contribution in [-0.4, -0.2) is 50.3 Å². The summed E-state index contributed by atoms with van der Waals surface area (Å²) < 4.78 is 37.8. The standard InChI is InChI=1S/C27H28FN4O5P/c1-15-9-22(34-3)18(14-31-15)27(33)32-16-10-19(28)26(25(38)11-16)37-21-5-6-30-20-13-24(36-8-7-29-2)23(35-4)12-17(20)21/h5-6,9-14,29H,7-8,38H2,1-4H3,(H,32,33). The van der Waals surface area contributed by atoms with E-state index in [1.54, 1.807) is 50.6 Å². The predicted molar refractivity (Wildman–Crippen MR) is 147 cm³/mol. The summed E-state index contributed by atoms with van der Waals surface area (Å²) in [5.74, 6) is 0.637. The quantitative estimate of drug-likeness (QED) is 0.228. The fourth-order valence-corrected chi connectivity index (χ4v) is 4.11. The van der Waals surface area contributed by atoms with E-state index >= 15 is 4.39 Å². The molecule has 4 aromatic rings. The first-order valence-corrected chi connectivity index (χ1v) is 12.2. The third kappa shape index (κ3) is 5.93. The number of halogens is 1. The Bertz CT molecular complexity index is 1460. The average Bonchev–Trinajstić information content (AvgIpc) is 2.90. The first-order valence-electron chi connectivity index (χ1n) is 11.7. The zero-order valence-corrected chi connectivity index (χ0v) is 22.6. The van der Waals surface area contributed by atoms with E-state index in [2.05, 4.69) is 29.8 Å². The molecular weight excluding hydrogens is 510 g/mol. The number of nitrogens with zero attached hydrogens (tertiary/aromatic N) is 2. The number of pyridine rings is 2. The Labute approximate surface area is 221 Å². The Hall–Kier alpha value is -4.01. The summed E-state index contributed by atoms with van der Waals surface area (Å²) in [6.45, 7) is 2.91. The highest BCUT2D eigenvalue weighted by atomic mass is 31.0. The van der Waals surface area contributed by atoms with Crippen molar-refractivity contribution in [3.63, 3.8) is 0 Å². The third-order valence-corrected chi connectivity index (χ3v) is 6.03. The lowest BCUT2D eigenvalue weighted by Crippen LogP contribution is -2.16. The van der Waals surface area contributed by atoms with Gasteiger partial charge in [-0.2, -0.15) is 0 Å². The van der Waals surface area contributed by atoms with Gasteiger partial charge >= 0.3 is 0 Å². The summed E-state index contributed by atoms with van der Waals surface area (Å²) in [7, 11) is 7.28. The minimum Gasteiger partial charge on any atom is -0.496 e. The molecule has 0 spiro atoms. The van der Waals surface area contributed by atoms with E-state index in [0.29, 0.717) is 58.1 Å². The number of rotatable bonds is 10. The summed E-state index contributed by atoms with van der Waals surface area (Å²) in [4.78, 5) is 21.3. The number of aromatic nitrogens is 2. The molecule has 0 aliphatic rings. The molecule has 9 nitrogen and oxygen atoms in total. The summed E-state index contributed by atoms with van der Waals surface area (Å²) in [5, 5.41) is 6.72. The van der Waals surface area contributed by atoms with Gasteiger partial charge in [0.25, 0.3) is 5.91 Å². The van der Waals surface area contributed by atoms with Crippen LogP contribution < -0.4 is 34.9 Å². The SMILES string of the molecule is CNCCOc1cc2nccc(Oc3c(F)cc(NC(=O)c4cnc(C)cc4OC)cc3P)c2cc1OC. The van der Waals surface area contributed by atoms with Gasteiger partial charge in [0.1, 0.15) is 18.1 Å². The second kappa shape index (κ2) is 12.0. The van der Waals surface area contributed by atoms with E-state index < -0.39 is 11.7 Å². The molecule has 2 aromatic carbocycles. The number of hydrogen-bond donors (Lipinski definition) is 2. The molecule has 2 heterocycles. The number of fused-ring (bicyclic) bond motifs is 1. The monoisotopic (exact) mass is 538 g/mol. The highest BCUT2D eigenvalue weighted by Crippen LogP contribution is 2.37. The van der Waals surface area contributed by atoms with Gasteiger partial charge in [-0.25, -0.2) is 4.39 Å². The second-order valence-electron chi connectivity index (χ2n) is 8.24. The molecule has 0 saturated heterocycles. The largest absolute Gasteiger partial charge is 0.496 e. The Morgan fingerprint density at radius 1 is 1.03 bits per heavy atom. The van der Waals surface area contributed by atoms with E-state index in [1.807, 2.05) is 7.05 Å². The maximum absolute atomic E-state index is 15.2. The number of ether oxygens (including phenoxy) is 4. The summed E-state index contributed by atoms with van der Waals surface area (Å²) in [6.07, 6.45) is 2.98. The van der Waals surface area contributed by atoms with Crippen molar-refractivity contribution in [3.05, 3.63) is 65.9 Å². The summed E-state index contributed by atoms with van der Waals surface area (Å²) >= 11 is 0. The highest BCUT2D eigenvalue weighted by molar-refractivity contribution is 7.27. The fraction of sp³-hybridized carbons (Fsp3) is 0.222. The average molecular weight is 539 g/mol. The van der Waals surface area contributed by atoms with Crippen molar-refractivity contribution in [1.82, 2.24) is 15.3 Å². The molecule has 0 aliphatic carbocycles. The molecule has 2 aromatic heterocycles. The molecule has 1 unspecified atom stereocenters. The molecule has 0 fully saturated rings. The number of carbonyl (C=O) groups excluding carboxylic acids is 1. The Morgan fingerprint density at radius 3 is 2.53 bits per heavy atom. The van der Waals surface area contributed by atoms with E-state index in [0.717, 1.165) is 0 Å². The number of methoxy groups -OCH3 is 2. The second-order valence-corrected chi connectivity index (χ2v) is 8.86. The van der Waals surface area contributed by atoms with Crippen LogP contribution in [0.1, 0.15) is 16.1 Å². The van der Waals surface area contributed by atoms with Gasteiger partial charge in [-0.15, -0.1) is 9.24 Å². The van der Waals surface area contributed by atoms with Crippen LogP contribution in [0, 0.1) is 12.7 Å². The van der Waals surface area contributed by atoms with Gasteiger partial charge in [0.15, 0.2) is 23.1 Å². The lowest BCUT2D eigenvalue weighted by Gasteiger charge is -2.16. The van der Waals surface area contributed by atoms with Crippen molar-refractivity contribution in [2.45, 2.75) is 6.92 Å². The highest BCUT2D eigenvalue weighted by Gasteiger charge is 2.18. The zero-order valence-electron chi connectivity index (χ0n) is 21.4. The van der Waals surface area contributed by atoms with Crippen molar-refractivity contribution in [1.29, 1.82) is 0 Å². The normalized spacial score (nSPS) is 10.8. The Kier molecular flexibility index (Phi) is 8.55. The summed E-state index contributed by atoms with van der Waals surface area (Å²) in [5.41, 5.74) is 1.78. The topological polar surface area (TPSA) is 104 Å². The molecule has 198 valence electrons. The molecule has 1 amide bonds. The van der Waals surface area contributed by atoms with Crippen LogP contribution in [-0.2, 0) is 0 Å². The van der Waals surface area contributed by atoms with Crippen LogP contribution in [0.15, 0.2) is 48.8 Å². The van der Waals surface area contributed by atoms with Crippen molar-refractivity contribution < 1.29 is 28.1 Å². The van der Waals surface area contributed by atoms with E-state index in [9.17, 15) is 4.79 Å². The van der Waals surface area contributed by atoms with Crippen molar-refractivity contribution in [3.8, 4) is 28.7 Å². The number of hydrogen-bond acceptors (Lipinski definition) is 8. The van der Waals surface area contributed by atoms with Gasteiger partial charge in [-0.3, -0.25) is 14.8 Å². The molecule has 11 heteroatoms. The molecular formula is C27H28FN4O5P. The number of carbonyl (C=O) groups is 1. The van der Waals surface area contributed by atoms with Crippen LogP contribution >= 0.6 is 9.24 Å².